The number of fused-ring (bicyclic) bond motifs is 1. The van der Waals surface area contributed by atoms with Crippen molar-refractivity contribution >= 4 is 16.9 Å². The largest absolute Gasteiger partial charge is 0.368 e. The SMILES string of the molecule is NC(=O)[C@@H]1C[C@@H](F)CN1Cc1nc2ccccc2[nH]1. The van der Waals surface area contributed by atoms with Gasteiger partial charge in [-0.15, -0.1) is 0 Å². The number of halogens is 1. The molecule has 19 heavy (non-hydrogen) atoms. The molecule has 3 N–H and O–H groups in total. The molecule has 0 radical (unpaired) electrons. The Balaban J connectivity index is 1.82. The van der Waals surface area contributed by atoms with Crippen LogP contribution in [0, 0.1) is 0 Å². The Morgan fingerprint density at radius 2 is 2.32 bits per heavy atom. The summed E-state index contributed by atoms with van der Waals surface area (Å²) in [6.45, 7) is 0.632. The first kappa shape index (κ1) is 12.1. The number of primary amides is 1. The van der Waals surface area contributed by atoms with Crippen LogP contribution in [0.3, 0.4) is 0 Å². The minimum absolute atomic E-state index is 0.176. The first-order chi connectivity index (χ1) is 9.13. The fourth-order valence-corrected chi connectivity index (χ4v) is 2.59. The number of imidazole rings is 1. The number of H-pyrrole nitrogens is 1. The van der Waals surface area contributed by atoms with Gasteiger partial charge in [-0.2, -0.15) is 0 Å². The van der Waals surface area contributed by atoms with Crippen molar-refractivity contribution in [2.24, 2.45) is 5.73 Å². The molecule has 0 unspecified atom stereocenters. The summed E-state index contributed by atoms with van der Waals surface area (Å²) >= 11 is 0. The van der Waals surface area contributed by atoms with E-state index in [1.54, 1.807) is 4.90 Å². The second-order valence-corrected chi connectivity index (χ2v) is 4.88. The number of alkyl halides is 1. The van der Waals surface area contributed by atoms with Crippen molar-refractivity contribution in [3.63, 3.8) is 0 Å². The van der Waals surface area contributed by atoms with E-state index in [-0.39, 0.29) is 13.0 Å². The molecule has 0 saturated carbocycles. The first-order valence-electron chi connectivity index (χ1n) is 6.24. The van der Waals surface area contributed by atoms with E-state index < -0.39 is 18.1 Å². The van der Waals surface area contributed by atoms with Gasteiger partial charge in [0.25, 0.3) is 0 Å². The van der Waals surface area contributed by atoms with Gasteiger partial charge in [0.2, 0.25) is 5.91 Å². The molecule has 1 aromatic carbocycles. The van der Waals surface area contributed by atoms with E-state index in [4.69, 9.17) is 5.73 Å². The molecule has 1 amide bonds. The summed E-state index contributed by atoms with van der Waals surface area (Å²) in [7, 11) is 0. The standard InChI is InChI=1S/C13H15FN4O/c14-8-5-11(13(15)19)18(6-8)7-12-16-9-3-1-2-4-10(9)17-12/h1-4,8,11H,5-7H2,(H2,15,19)(H,16,17)/t8-,11+/m1/s1. The van der Waals surface area contributed by atoms with Crippen LogP contribution in [0.4, 0.5) is 4.39 Å². The number of hydrogen-bond acceptors (Lipinski definition) is 3. The lowest BCUT2D eigenvalue weighted by atomic mass is 10.2. The van der Waals surface area contributed by atoms with Crippen LogP contribution in [0.25, 0.3) is 11.0 Å². The molecule has 1 saturated heterocycles. The number of aromatic nitrogens is 2. The molecule has 1 aliphatic rings. The second kappa shape index (κ2) is 4.62. The molecule has 100 valence electrons. The van der Waals surface area contributed by atoms with Crippen LogP contribution >= 0.6 is 0 Å². The van der Waals surface area contributed by atoms with Crippen molar-refractivity contribution in [3.05, 3.63) is 30.1 Å². The molecule has 1 fully saturated rings. The molecular weight excluding hydrogens is 247 g/mol. The van der Waals surface area contributed by atoms with E-state index in [2.05, 4.69) is 9.97 Å². The fourth-order valence-electron chi connectivity index (χ4n) is 2.59. The van der Waals surface area contributed by atoms with Crippen molar-refractivity contribution in [2.75, 3.05) is 6.54 Å². The average Bonchev–Trinajstić information content (AvgIpc) is 2.92. The van der Waals surface area contributed by atoms with Gasteiger partial charge in [0.15, 0.2) is 0 Å². The van der Waals surface area contributed by atoms with Gasteiger partial charge >= 0.3 is 0 Å². The maximum absolute atomic E-state index is 13.4. The summed E-state index contributed by atoms with van der Waals surface area (Å²) in [5, 5.41) is 0. The number of likely N-dealkylation sites (tertiary alicyclic amines) is 1. The zero-order valence-electron chi connectivity index (χ0n) is 10.3. The number of para-hydroxylation sites is 2. The highest BCUT2D eigenvalue weighted by molar-refractivity contribution is 5.80. The minimum Gasteiger partial charge on any atom is -0.368 e. The molecule has 1 aromatic heterocycles. The predicted molar refractivity (Wildman–Crippen MR) is 69.0 cm³/mol. The Bertz CT molecular complexity index is 578. The van der Waals surface area contributed by atoms with Gasteiger partial charge in [0.05, 0.1) is 23.6 Å². The van der Waals surface area contributed by atoms with Crippen LogP contribution in [0.5, 0.6) is 0 Å². The summed E-state index contributed by atoms with van der Waals surface area (Å²) in [5.41, 5.74) is 7.10. The minimum atomic E-state index is -0.998. The molecule has 0 spiro atoms. The van der Waals surface area contributed by atoms with Crippen LogP contribution in [-0.2, 0) is 11.3 Å². The summed E-state index contributed by atoms with van der Waals surface area (Å²) < 4.78 is 13.4. The lowest BCUT2D eigenvalue weighted by Crippen LogP contribution is -2.39. The summed E-state index contributed by atoms with van der Waals surface area (Å²) in [5.74, 6) is 0.248. The number of nitrogens with zero attached hydrogens (tertiary/aromatic N) is 2. The number of nitrogens with one attached hydrogen (secondary N) is 1. The molecule has 2 heterocycles. The van der Waals surface area contributed by atoms with Gasteiger partial charge in [0, 0.05) is 13.0 Å². The number of nitrogens with two attached hydrogens (primary N) is 1. The molecule has 6 heteroatoms. The Hall–Kier alpha value is -1.95. The Morgan fingerprint density at radius 1 is 1.53 bits per heavy atom. The third-order valence-corrected chi connectivity index (χ3v) is 3.47. The third kappa shape index (κ3) is 2.31. The zero-order valence-corrected chi connectivity index (χ0v) is 10.3. The summed E-state index contributed by atoms with van der Waals surface area (Å²) in [4.78, 5) is 20.6. The highest BCUT2D eigenvalue weighted by atomic mass is 19.1. The van der Waals surface area contributed by atoms with Crippen molar-refractivity contribution < 1.29 is 9.18 Å². The number of rotatable bonds is 3. The van der Waals surface area contributed by atoms with E-state index in [1.165, 1.54) is 0 Å². The van der Waals surface area contributed by atoms with Crippen LogP contribution < -0.4 is 5.73 Å². The summed E-state index contributed by atoms with van der Waals surface area (Å²) in [6.07, 6.45) is -0.822. The predicted octanol–water partition coefficient (Wildman–Crippen LogP) is 0.961. The maximum Gasteiger partial charge on any atom is 0.234 e. The molecular formula is C13H15FN4O. The molecule has 0 bridgehead atoms. The average molecular weight is 262 g/mol. The van der Waals surface area contributed by atoms with Crippen molar-refractivity contribution in [1.82, 2.24) is 14.9 Å². The first-order valence-corrected chi connectivity index (χ1v) is 6.24. The Morgan fingerprint density at radius 3 is 3.05 bits per heavy atom. The van der Waals surface area contributed by atoms with Crippen molar-refractivity contribution in [1.29, 1.82) is 0 Å². The molecule has 2 atom stereocenters. The van der Waals surface area contributed by atoms with E-state index in [1.807, 2.05) is 24.3 Å². The number of carbonyl (C=O) groups is 1. The van der Waals surface area contributed by atoms with E-state index in [9.17, 15) is 9.18 Å². The van der Waals surface area contributed by atoms with Gasteiger partial charge in [-0.3, -0.25) is 9.69 Å². The second-order valence-electron chi connectivity index (χ2n) is 4.88. The lowest BCUT2D eigenvalue weighted by molar-refractivity contribution is -0.122. The number of amides is 1. The van der Waals surface area contributed by atoms with Crippen LogP contribution in [0.1, 0.15) is 12.2 Å². The van der Waals surface area contributed by atoms with Gasteiger partial charge in [-0.1, -0.05) is 12.1 Å². The van der Waals surface area contributed by atoms with E-state index >= 15 is 0 Å². The molecule has 1 aliphatic heterocycles. The topological polar surface area (TPSA) is 75.0 Å². The lowest BCUT2D eigenvalue weighted by Gasteiger charge is -2.19. The molecule has 3 rings (SSSR count). The maximum atomic E-state index is 13.4. The monoisotopic (exact) mass is 262 g/mol. The number of carbonyl (C=O) groups excluding carboxylic acids is 1. The quantitative estimate of drug-likeness (QED) is 0.865. The van der Waals surface area contributed by atoms with E-state index in [0.717, 1.165) is 16.9 Å². The molecule has 0 aliphatic carbocycles. The van der Waals surface area contributed by atoms with Gasteiger partial charge in [-0.05, 0) is 12.1 Å². The number of aromatic amines is 1. The molecule has 2 aromatic rings. The van der Waals surface area contributed by atoms with Crippen molar-refractivity contribution in [2.45, 2.75) is 25.2 Å². The highest BCUT2D eigenvalue weighted by Gasteiger charge is 2.36. The zero-order chi connectivity index (χ0) is 13.4. The van der Waals surface area contributed by atoms with E-state index in [0.29, 0.717) is 6.54 Å². The van der Waals surface area contributed by atoms with Crippen LogP contribution in [0.2, 0.25) is 0 Å². The number of hydrogen-bond donors (Lipinski definition) is 2. The highest BCUT2D eigenvalue weighted by Crippen LogP contribution is 2.22. The van der Waals surface area contributed by atoms with Gasteiger partial charge in [-0.25, -0.2) is 9.37 Å². The fraction of sp³-hybridized carbons (Fsp3) is 0.385. The van der Waals surface area contributed by atoms with Gasteiger partial charge < -0.3 is 10.7 Å². The third-order valence-electron chi connectivity index (χ3n) is 3.47. The Labute approximate surface area is 109 Å². The Kier molecular flexibility index (Phi) is 2.94. The van der Waals surface area contributed by atoms with Gasteiger partial charge in [0.1, 0.15) is 12.0 Å². The van der Waals surface area contributed by atoms with Crippen LogP contribution in [0.15, 0.2) is 24.3 Å². The van der Waals surface area contributed by atoms with Crippen molar-refractivity contribution in [3.8, 4) is 0 Å². The normalized spacial score (nSPS) is 24.1. The summed E-state index contributed by atoms with van der Waals surface area (Å²) in [6, 6.07) is 7.13. The number of benzene rings is 1. The molecule has 5 nitrogen and oxygen atoms in total. The smallest absolute Gasteiger partial charge is 0.234 e. The van der Waals surface area contributed by atoms with Crippen LogP contribution in [-0.4, -0.2) is 39.5 Å².